The van der Waals surface area contributed by atoms with Crippen LogP contribution in [-0.2, 0) is 4.79 Å². The Morgan fingerprint density at radius 1 is 1.21 bits per heavy atom. The molecule has 156 valence electrons. The number of carbonyl (C=O) groups excluding carboxylic acids is 1. The van der Waals surface area contributed by atoms with Gasteiger partial charge in [0.25, 0.3) is 0 Å². The molecule has 8 nitrogen and oxygen atoms in total. The Bertz CT molecular complexity index is 828. The normalized spacial score (nSPS) is 19.6. The first-order valence-corrected chi connectivity index (χ1v) is 11.2. The van der Waals surface area contributed by atoms with Crippen molar-refractivity contribution in [3.05, 3.63) is 24.2 Å². The average molecular weight is 417 g/mol. The molecule has 0 aliphatic carbocycles. The molecule has 29 heavy (non-hydrogen) atoms. The number of carbonyl (C=O) groups is 1. The molecule has 0 atom stereocenters. The first-order chi connectivity index (χ1) is 14.1. The molecule has 0 radical (unpaired) electrons. The molecule has 2 aliphatic heterocycles. The van der Waals surface area contributed by atoms with Crippen LogP contribution in [0.2, 0.25) is 0 Å². The number of amides is 1. The standard InChI is InChI=1S/C20H28N6O2S/c1-15-22-19(23-28-15)17-4-3-7-21-20(17)29-14-18(27)26-12-10-25(11-13-26)16-5-8-24(2)9-6-16/h3-4,7,16H,5-6,8-14H2,1-2H3. The molecule has 0 unspecified atom stereocenters. The lowest BCUT2D eigenvalue weighted by Crippen LogP contribution is -2.54. The van der Waals surface area contributed by atoms with Crippen LogP contribution in [0.3, 0.4) is 0 Å². The third-order valence-corrected chi connectivity index (χ3v) is 6.73. The fourth-order valence-corrected chi connectivity index (χ4v) is 4.90. The summed E-state index contributed by atoms with van der Waals surface area (Å²) in [5.41, 5.74) is 0.800. The average Bonchev–Trinajstić information content (AvgIpc) is 3.19. The van der Waals surface area contributed by atoms with E-state index in [1.807, 2.05) is 17.0 Å². The van der Waals surface area contributed by atoms with Gasteiger partial charge in [-0.3, -0.25) is 9.69 Å². The Kier molecular flexibility index (Phi) is 6.46. The fraction of sp³-hybridized carbons (Fsp3) is 0.600. The van der Waals surface area contributed by atoms with Gasteiger partial charge in [0, 0.05) is 45.3 Å². The van der Waals surface area contributed by atoms with Crippen LogP contribution < -0.4 is 0 Å². The summed E-state index contributed by atoms with van der Waals surface area (Å²) in [5, 5.41) is 4.73. The van der Waals surface area contributed by atoms with E-state index in [1.165, 1.54) is 37.7 Å². The molecular formula is C20H28N6O2S. The second kappa shape index (κ2) is 9.23. The predicted octanol–water partition coefficient (Wildman–Crippen LogP) is 1.77. The van der Waals surface area contributed by atoms with Crippen molar-refractivity contribution in [1.82, 2.24) is 29.8 Å². The SMILES string of the molecule is Cc1nc(-c2cccnc2SCC(=O)N2CCN(C3CCN(C)CC3)CC2)no1. The summed E-state index contributed by atoms with van der Waals surface area (Å²) in [6, 6.07) is 4.42. The molecule has 2 aliphatic rings. The van der Waals surface area contributed by atoms with Crippen molar-refractivity contribution in [2.45, 2.75) is 30.8 Å². The number of aryl methyl sites for hydroxylation is 1. The topological polar surface area (TPSA) is 78.6 Å². The van der Waals surface area contributed by atoms with E-state index in [0.717, 1.165) is 36.8 Å². The number of hydrogen-bond donors (Lipinski definition) is 0. The number of nitrogens with zero attached hydrogens (tertiary/aromatic N) is 6. The van der Waals surface area contributed by atoms with Crippen LogP contribution in [0.15, 0.2) is 27.9 Å². The molecule has 2 fully saturated rings. The molecule has 2 saturated heterocycles. The highest BCUT2D eigenvalue weighted by atomic mass is 32.2. The quantitative estimate of drug-likeness (QED) is 0.683. The maximum absolute atomic E-state index is 12.8. The van der Waals surface area contributed by atoms with Gasteiger partial charge in [-0.15, -0.1) is 0 Å². The minimum atomic E-state index is 0.166. The minimum absolute atomic E-state index is 0.166. The molecule has 1 amide bonds. The molecule has 2 aromatic rings. The summed E-state index contributed by atoms with van der Waals surface area (Å²) < 4.78 is 5.08. The Balaban J connectivity index is 1.29. The van der Waals surface area contributed by atoms with Crippen molar-refractivity contribution in [3.63, 3.8) is 0 Å². The molecule has 2 aromatic heterocycles. The van der Waals surface area contributed by atoms with Gasteiger partial charge in [0.05, 0.1) is 11.3 Å². The van der Waals surface area contributed by atoms with E-state index < -0.39 is 0 Å². The number of aromatic nitrogens is 3. The van der Waals surface area contributed by atoms with Crippen molar-refractivity contribution in [3.8, 4) is 11.4 Å². The zero-order valence-corrected chi connectivity index (χ0v) is 17.9. The molecule has 4 rings (SSSR count). The monoisotopic (exact) mass is 416 g/mol. The van der Waals surface area contributed by atoms with Crippen LogP contribution in [0, 0.1) is 6.92 Å². The van der Waals surface area contributed by atoms with E-state index in [4.69, 9.17) is 4.52 Å². The molecule has 9 heteroatoms. The van der Waals surface area contributed by atoms with Gasteiger partial charge in [0.2, 0.25) is 17.6 Å². The van der Waals surface area contributed by atoms with Gasteiger partial charge in [-0.25, -0.2) is 4.98 Å². The predicted molar refractivity (Wildman–Crippen MR) is 112 cm³/mol. The molecule has 0 aromatic carbocycles. The van der Waals surface area contributed by atoms with Crippen LogP contribution in [-0.4, -0.2) is 93.8 Å². The van der Waals surface area contributed by atoms with Crippen molar-refractivity contribution in [1.29, 1.82) is 0 Å². The van der Waals surface area contributed by atoms with Gasteiger partial charge in [0.1, 0.15) is 5.03 Å². The van der Waals surface area contributed by atoms with E-state index in [2.05, 4.69) is 32.0 Å². The van der Waals surface area contributed by atoms with Gasteiger partial charge in [-0.2, -0.15) is 4.98 Å². The summed E-state index contributed by atoms with van der Waals surface area (Å²) in [6.07, 6.45) is 4.19. The van der Waals surface area contributed by atoms with Crippen molar-refractivity contribution >= 4 is 17.7 Å². The highest BCUT2D eigenvalue weighted by Crippen LogP contribution is 2.28. The molecule has 4 heterocycles. The summed E-state index contributed by atoms with van der Waals surface area (Å²) in [7, 11) is 2.19. The minimum Gasteiger partial charge on any atom is -0.339 e. The Morgan fingerprint density at radius 3 is 2.66 bits per heavy atom. The molecule has 0 N–H and O–H groups in total. The lowest BCUT2D eigenvalue weighted by atomic mass is 10.0. The van der Waals surface area contributed by atoms with E-state index in [1.54, 1.807) is 13.1 Å². The Labute approximate surface area is 175 Å². The van der Waals surface area contributed by atoms with Crippen LogP contribution in [0.1, 0.15) is 18.7 Å². The lowest BCUT2D eigenvalue weighted by Gasteiger charge is -2.42. The molecule has 0 spiro atoms. The molecular weight excluding hydrogens is 388 g/mol. The fourth-order valence-electron chi connectivity index (χ4n) is 4.00. The number of likely N-dealkylation sites (tertiary alicyclic amines) is 1. The van der Waals surface area contributed by atoms with Gasteiger partial charge < -0.3 is 14.3 Å². The summed E-state index contributed by atoms with van der Waals surface area (Å²) in [4.78, 5) is 28.4. The van der Waals surface area contributed by atoms with E-state index in [-0.39, 0.29) is 5.91 Å². The van der Waals surface area contributed by atoms with Crippen molar-refractivity contribution < 1.29 is 9.32 Å². The number of rotatable bonds is 5. The number of thioether (sulfide) groups is 1. The van der Waals surface area contributed by atoms with Gasteiger partial charge in [0.15, 0.2) is 0 Å². The number of piperidine rings is 1. The lowest BCUT2D eigenvalue weighted by molar-refractivity contribution is -0.130. The first kappa shape index (κ1) is 20.3. The van der Waals surface area contributed by atoms with E-state index >= 15 is 0 Å². The number of hydrogen-bond acceptors (Lipinski definition) is 8. The van der Waals surface area contributed by atoms with Gasteiger partial charge >= 0.3 is 0 Å². The van der Waals surface area contributed by atoms with E-state index in [9.17, 15) is 4.79 Å². The van der Waals surface area contributed by atoms with E-state index in [0.29, 0.717) is 23.5 Å². The molecule has 0 bridgehead atoms. The van der Waals surface area contributed by atoms with Crippen LogP contribution in [0.5, 0.6) is 0 Å². The summed E-state index contributed by atoms with van der Waals surface area (Å²) in [5.74, 6) is 1.56. The third kappa shape index (κ3) is 4.96. The van der Waals surface area contributed by atoms with Crippen LogP contribution >= 0.6 is 11.8 Å². The number of pyridine rings is 1. The largest absolute Gasteiger partial charge is 0.339 e. The first-order valence-electron chi connectivity index (χ1n) is 10.2. The zero-order chi connectivity index (χ0) is 20.2. The molecule has 0 saturated carbocycles. The summed E-state index contributed by atoms with van der Waals surface area (Å²) >= 11 is 1.44. The zero-order valence-electron chi connectivity index (χ0n) is 17.1. The van der Waals surface area contributed by atoms with Crippen LogP contribution in [0.25, 0.3) is 11.4 Å². The van der Waals surface area contributed by atoms with Crippen molar-refractivity contribution in [2.24, 2.45) is 0 Å². The third-order valence-electron chi connectivity index (χ3n) is 5.74. The Morgan fingerprint density at radius 2 is 1.97 bits per heavy atom. The summed E-state index contributed by atoms with van der Waals surface area (Å²) in [6.45, 7) is 7.67. The Hall–Kier alpha value is -1.97. The second-order valence-electron chi connectivity index (χ2n) is 7.73. The van der Waals surface area contributed by atoms with Crippen LogP contribution in [0.4, 0.5) is 0 Å². The maximum Gasteiger partial charge on any atom is 0.233 e. The highest BCUT2D eigenvalue weighted by Gasteiger charge is 2.28. The number of piperazine rings is 1. The van der Waals surface area contributed by atoms with Gasteiger partial charge in [-0.05, 0) is 45.1 Å². The second-order valence-corrected chi connectivity index (χ2v) is 8.70. The smallest absolute Gasteiger partial charge is 0.233 e. The van der Waals surface area contributed by atoms with Crippen molar-refractivity contribution in [2.75, 3.05) is 52.1 Å². The maximum atomic E-state index is 12.8. The van der Waals surface area contributed by atoms with Gasteiger partial charge in [-0.1, -0.05) is 16.9 Å². The highest BCUT2D eigenvalue weighted by molar-refractivity contribution is 8.00.